The standard InChI is InChI=1S/C14H18O4/c15-11-5-12(18-13(16)6-11)8-14(2-3-14)7-10-1-4-17-9-10/h5-6,10,15H,1-4,7-9H2. The molecule has 4 heteroatoms. The van der Waals surface area contributed by atoms with Crippen molar-refractivity contribution in [3.63, 3.8) is 0 Å². The van der Waals surface area contributed by atoms with Gasteiger partial charge in [0.2, 0.25) is 0 Å². The number of hydrogen-bond donors (Lipinski definition) is 1. The quantitative estimate of drug-likeness (QED) is 0.889. The van der Waals surface area contributed by atoms with Gasteiger partial charge in [0.05, 0.1) is 6.07 Å². The highest BCUT2D eigenvalue weighted by atomic mass is 16.5. The molecule has 1 atom stereocenters. The van der Waals surface area contributed by atoms with Crippen molar-refractivity contribution in [3.05, 3.63) is 28.3 Å². The molecule has 1 saturated heterocycles. The summed E-state index contributed by atoms with van der Waals surface area (Å²) in [6, 6.07) is 2.67. The molecule has 3 rings (SSSR count). The van der Waals surface area contributed by atoms with Crippen LogP contribution in [0.15, 0.2) is 21.3 Å². The third kappa shape index (κ3) is 2.58. The lowest BCUT2D eigenvalue weighted by Crippen LogP contribution is -2.13. The molecule has 4 nitrogen and oxygen atoms in total. The first-order valence-electron chi connectivity index (χ1n) is 6.56. The molecular weight excluding hydrogens is 232 g/mol. The largest absolute Gasteiger partial charge is 0.508 e. The number of aromatic hydroxyl groups is 1. The molecule has 0 amide bonds. The first-order chi connectivity index (χ1) is 8.65. The highest BCUT2D eigenvalue weighted by molar-refractivity contribution is 5.20. The van der Waals surface area contributed by atoms with Gasteiger partial charge in [-0.1, -0.05) is 0 Å². The molecule has 1 unspecified atom stereocenters. The molecule has 0 radical (unpaired) electrons. The molecule has 2 aliphatic rings. The third-order valence-electron chi connectivity index (χ3n) is 4.06. The lowest BCUT2D eigenvalue weighted by Gasteiger charge is -2.17. The molecule has 0 spiro atoms. The van der Waals surface area contributed by atoms with Crippen LogP contribution in [0.2, 0.25) is 0 Å². The zero-order valence-corrected chi connectivity index (χ0v) is 10.4. The highest BCUT2D eigenvalue weighted by Gasteiger charge is 2.45. The molecule has 1 aromatic heterocycles. The molecule has 0 bridgehead atoms. The first kappa shape index (κ1) is 11.8. The number of rotatable bonds is 4. The predicted molar refractivity (Wildman–Crippen MR) is 65.6 cm³/mol. The maximum atomic E-state index is 11.2. The topological polar surface area (TPSA) is 59.7 Å². The second kappa shape index (κ2) is 4.43. The van der Waals surface area contributed by atoms with Crippen molar-refractivity contribution in [3.8, 4) is 5.75 Å². The molecule has 18 heavy (non-hydrogen) atoms. The van der Waals surface area contributed by atoms with E-state index in [1.165, 1.54) is 12.8 Å². The van der Waals surface area contributed by atoms with Crippen LogP contribution in [0.5, 0.6) is 5.75 Å². The van der Waals surface area contributed by atoms with E-state index in [1.807, 2.05) is 0 Å². The maximum Gasteiger partial charge on any atom is 0.339 e. The summed E-state index contributed by atoms with van der Waals surface area (Å²) >= 11 is 0. The molecule has 1 aliphatic carbocycles. The van der Waals surface area contributed by atoms with E-state index in [-0.39, 0.29) is 11.2 Å². The minimum atomic E-state index is -0.468. The van der Waals surface area contributed by atoms with Crippen molar-refractivity contribution in [2.45, 2.75) is 32.1 Å². The van der Waals surface area contributed by atoms with Crippen LogP contribution >= 0.6 is 0 Å². The summed E-state index contributed by atoms with van der Waals surface area (Å²) in [5.41, 5.74) is -0.188. The molecule has 1 N–H and O–H groups in total. The van der Waals surface area contributed by atoms with Crippen molar-refractivity contribution in [2.75, 3.05) is 13.2 Å². The second-order valence-corrected chi connectivity index (χ2v) is 5.71. The molecule has 2 fully saturated rings. The van der Waals surface area contributed by atoms with Crippen molar-refractivity contribution < 1.29 is 14.3 Å². The molecule has 2 heterocycles. The zero-order valence-electron chi connectivity index (χ0n) is 10.4. The van der Waals surface area contributed by atoms with Gasteiger partial charge in [0.25, 0.3) is 0 Å². The van der Waals surface area contributed by atoms with E-state index in [4.69, 9.17) is 9.15 Å². The van der Waals surface area contributed by atoms with Crippen LogP contribution in [0, 0.1) is 11.3 Å². The van der Waals surface area contributed by atoms with Crippen LogP contribution in [-0.4, -0.2) is 18.3 Å². The van der Waals surface area contributed by atoms with Gasteiger partial charge in [-0.3, -0.25) is 0 Å². The Morgan fingerprint density at radius 3 is 2.83 bits per heavy atom. The average molecular weight is 250 g/mol. The Kier molecular flexibility index (Phi) is 2.90. The summed E-state index contributed by atoms with van der Waals surface area (Å²) in [6.07, 6.45) is 5.41. The number of hydrogen-bond acceptors (Lipinski definition) is 4. The van der Waals surface area contributed by atoms with E-state index in [9.17, 15) is 9.90 Å². The van der Waals surface area contributed by atoms with Crippen molar-refractivity contribution >= 4 is 0 Å². The molecule has 1 aliphatic heterocycles. The predicted octanol–water partition coefficient (Wildman–Crippen LogP) is 2.09. The van der Waals surface area contributed by atoms with Gasteiger partial charge >= 0.3 is 5.63 Å². The van der Waals surface area contributed by atoms with E-state index in [1.54, 1.807) is 6.07 Å². The van der Waals surface area contributed by atoms with E-state index in [0.717, 1.165) is 38.5 Å². The fraction of sp³-hybridized carbons (Fsp3) is 0.643. The van der Waals surface area contributed by atoms with Gasteiger partial charge in [0.1, 0.15) is 11.5 Å². The summed E-state index contributed by atoms with van der Waals surface area (Å²) in [6.45, 7) is 1.74. The monoisotopic (exact) mass is 250 g/mol. The minimum absolute atomic E-state index is 0.00116. The van der Waals surface area contributed by atoms with Crippen molar-refractivity contribution in [1.82, 2.24) is 0 Å². The smallest absolute Gasteiger partial charge is 0.339 e. The molecule has 1 saturated carbocycles. The van der Waals surface area contributed by atoms with Crippen molar-refractivity contribution in [1.29, 1.82) is 0 Å². The summed E-state index contributed by atoms with van der Waals surface area (Å²) in [5.74, 6) is 1.26. The van der Waals surface area contributed by atoms with Gasteiger partial charge < -0.3 is 14.3 Å². The minimum Gasteiger partial charge on any atom is -0.508 e. The lowest BCUT2D eigenvalue weighted by molar-refractivity contribution is 0.177. The Labute approximate surface area is 106 Å². The van der Waals surface area contributed by atoms with Crippen LogP contribution in [0.4, 0.5) is 0 Å². The Balaban J connectivity index is 1.69. The van der Waals surface area contributed by atoms with E-state index < -0.39 is 5.63 Å². The normalized spacial score (nSPS) is 25.2. The van der Waals surface area contributed by atoms with Gasteiger partial charge in [0.15, 0.2) is 0 Å². The van der Waals surface area contributed by atoms with Crippen LogP contribution in [0.3, 0.4) is 0 Å². The van der Waals surface area contributed by atoms with Crippen molar-refractivity contribution in [2.24, 2.45) is 11.3 Å². The van der Waals surface area contributed by atoms with Crippen LogP contribution in [-0.2, 0) is 11.2 Å². The Morgan fingerprint density at radius 1 is 1.39 bits per heavy atom. The van der Waals surface area contributed by atoms with Gasteiger partial charge in [-0.15, -0.1) is 0 Å². The molecule has 0 aromatic carbocycles. The van der Waals surface area contributed by atoms with Gasteiger partial charge in [0, 0.05) is 25.7 Å². The Bertz CT molecular complexity index is 481. The van der Waals surface area contributed by atoms with E-state index >= 15 is 0 Å². The maximum absolute atomic E-state index is 11.2. The highest BCUT2D eigenvalue weighted by Crippen LogP contribution is 2.53. The van der Waals surface area contributed by atoms with Gasteiger partial charge in [-0.2, -0.15) is 0 Å². The Hall–Kier alpha value is -1.29. The lowest BCUT2D eigenvalue weighted by atomic mass is 9.88. The number of ether oxygens (including phenoxy) is 1. The second-order valence-electron chi connectivity index (χ2n) is 5.71. The molecule has 1 aromatic rings. The summed E-state index contributed by atoms with van der Waals surface area (Å²) in [4.78, 5) is 11.2. The van der Waals surface area contributed by atoms with E-state index in [2.05, 4.69) is 0 Å². The molecular formula is C14H18O4. The average Bonchev–Trinajstić information content (AvgIpc) is 2.84. The molecule has 98 valence electrons. The van der Waals surface area contributed by atoms with Crippen LogP contribution < -0.4 is 5.63 Å². The summed E-state index contributed by atoms with van der Waals surface area (Å²) < 4.78 is 10.6. The third-order valence-corrected chi connectivity index (χ3v) is 4.06. The fourth-order valence-electron chi connectivity index (χ4n) is 2.96. The summed E-state index contributed by atoms with van der Waals surface area (Å²) in [7, 11) is 0. The van der Waals surface area contributed by atoms with E-state index in [0.29, 0.717) is 11.7 Å². The van der Waals surface area contributed by atoms with Gasteiger partial charge in [-0.25, -0.2) is 4.79 Å². The first-order valence-corrected chi connectivity index (χ1v) is 6.56. The van der Waals surface area contributed by atoms with Crippen LogP contribution in [0.25, 0.3) is 0 Å². The van der Waals surface area contributed by atoms with Crippen LogP contribution in [0.1, 0.15) is 31.4 Å². The fourth-order valence-corrected chi connectivity index (χ4v) is 2.96. The van der Waals surface area contributed by atoms with Gasteiger partial charge in [-0.05, 0) is 37.0 Å². The summed E-state index contributed by atoms with van der Waals surface area (Å²) in [5, 5.41) is 9.42. The Morgan fingerprint density at radius 2 is 2.22 bits per heavy atom. The zero-order chi connectivity index (χ0) is 12.6. The SMILES string of the molecule is O=c1cc(O)cc(CC2(CC3CCOC3)CC2)o1.